The molecule has 130 valence electrons. The van der Waals surface area contributed by atoms with Crippen LogP contribution in [0.2, 0.25) is 0 Å². The molecule has 0 N–H and O–H groups in total. The van der Waals surface area contributed by atoms with Crippen LogP contribution in [0.3, 0.4) is 0 Å². The molecule has 0 unspecified atom stereocenters. The van der Waals surface area contributed by atoms with Gasteiger partial charge in [-0.05, 0) is 31.6 Å². The Labute approximate surface area is 139 Å². The number of ether oxygens (including phenoxy) is 2. The monoisotopic (exact) mass is 322 g/mol. The second-order valence-electron chi connectivity index (χ2n) is 8.40. The fourth-order valence-corrected chi connectivity index (χ4v) is 4.48. The lowest BCUT2D eigenvalue weighted by atomic mass is 9.51. The molecule has 2 aliphatic rings. The van der Waals surface area contributed by atoms with E-state index in [9.17, 15) is 9.59 Å². The van der Waals surface area contributed by atoms with Crippen molar-refractivity contribution in [2.75, 3.05) is 0 Å². The van der Waals surface area contributed by atoms with E-state index >= 15 is 0 Å². The second-order valence-corrected chi connectivity index (χ2v) is 8.40. The number of esters is 2. The standard InChI is InChI=1S/C19H30O4/c1-13(20)22-16-12-17(3,4)9-7-10-19(6,23-14(2)21)15-8-11-18(15,16)5/h7,9,15-16H,8,10-12H2,1-6H3/b9-7+/t15-,16-,18-,19-/m1/s1. The molecule has 0 aliphatic heterocycles. The minimum atomic E-state index is -0.547. The van der Waals surface area contributed by atoms with Gasteiger partial charge < -0.3 is 9.47 Å². The molecule has 0 radical (unpaired) electrons. The molecular weight excluding hydrogens is 292 g/mol. The van der Waals surface area contributed by atoms with E-state index in [1.807, 2.05) is 6.92 Å². The van der Waals surface area contributed by atoms with Crippen LogP contribution in [0.15, 0.2) is 12.2 Å². The molecule has 1 saturated carbocycles. The molecule has 0 heterocycles. The van der Waals surface area contributed by atoms with Crippen molar-refractivity contribution in [3.63, 3.8) is 0 Å². The second kappa shape index (κ2) is 5.95. The van der Waals surface area contributed by atoms with Crippen LogP contribution in [0.5, 0.6) is 0 Å². The normalized spacial score (nSPS) is 40.4. The quantitative estimate of drug-likeness (QED) is 0.569. The summed E-state index contributed by atoms with van der Waals surface area (Å²) in [4.78, 5) is 23.3. The van der Waals surface area contributed by atoms with E-state index in [2.05, 4.69) is 32.9 Å². The van der Waals surface area contributed by atoms with E-state index < -0.39 is 5.60 Å². The predicted octanol–water partition coefficient (Wildman–Crippen LogP) is 4.03. The molecule has 0 aromatic rings. The Morgan fingerprint density at radius 3 is 2.22 bits per heavy atom. The van der Waals surface area contributed by atoms with Crippen molar-refractivity contribution >= 4 is 11.9 Å². The van der Waals surface area contributed by atoms with Gasteiger partial charge in [0, 0.05) is 31.6 Å². The maximum absolute atomic E-state index is 11.6. The van der Waals surface area contributed by atoms with E-state index in [0.717, 1.165) is 19.3 Å². The summed E-state index contributed by atoms with van der Waals surface area (Å²) in [6, 6.07) is 0. The summed E-state index contributed by atoms with van der Waals surface area (Å²) in [6.45, 7) is 11.4. The maximum Gasteiger partial charge on any atom is 0.303 e. The molecule has 0 amide bonds. The molecule has 2 aliphatic carbocycles. The summed E-state index contributed by atoms with van der Waals surface area (Å²) < 4.78 is 11.5. The summed E-state index contributed by atoms with van der Waals surface area (Å²) in [5.41, 5.74) is -0.766. The zero-order chi connectivity index (χ0) is 17.5. The summed E-state index contributed by atoms with van der Waals surface area (Å²) in [7, 11) is 0. The van der Waals surface area contributed by atoms with Crippen molar-refractivity contribution in [2.24, 2.45) is 16.7 Å². The average molecular weight is 322 g/mol. The van der Waals surface area contributed by atoms with Gasteiger partial charge in [-0.25, -0.2) is 0 Å². The van der Waals surface area contributed by atoms with Crippen molar-refractivity contribution in [3.05, 3.63) is 12.2 Å². The number of rotatable bonds is 2. The number of allylic oxidation sites excluding steroid dienone is 1. The van der Waals surface area contributed by atoms with Crippen molar-refractivity contribution in [2.45, 2.75) is 78.9 Å². The number of hydrogen-bond donors (Lipinski definition) is 0. The fourth-order valence-electron chi connectivity index (χ4n) is 4.48. The minimum absolute atomic E-state index is 0.0647. The molecule has 1 fully saturated rings. The Morgan fingerprint density at radius 1 is 1.09 bits per heavy atom. The Balaban J connectivity index is 2.42. The molecule has 4 nitrogen and oxygen atoms in total. The lowest BCUT2D eigenvalue weighted by Crippen LogP contribution is -2.58. The molecule has 23 heavy (non-hydrogen) atoms. The SMILES string of the molecule is CC(=O)O[C@@H]1CC(C)(C)/C=C/C[C@@](C)(OC(C)=O)[C@@H]2CC[C@]21C. The van der Waals surface area contributed by atoms with E-state index in [-0.39, 0.29) is 34.8 Å². The molecule has 0 aromatic carbocycles. The van der Waals surface area contributed by atoms with Gasteiger partial charge in [0.25, 0.3) is 0 Å². The van der Waals surface area contributed by atoms with E-state index in [4.69, 9.17) is 9.47 Å². The first-order chi connectivity index (χ1) is 10.5. The fraction of sp³-hybridized carbons (Fsp3) is 0.789. The predicted molar refractivity (Wildman–Crippen MR) is 88.7 cm³/mol. The molecule has 0 aromatic heterocycles. The number of carbonyl (C=O) groups is 2. The van der Waals surface area contributed by atoms with E-state index in [0.29, 0.717) is 6.42 Å². The highest BCUT2D eigenvalue weighted by atomic mass is 16.6. The van der Waals surface area contributed by atoms with Crippen molar-refractivity contribution in [1.29, 1.82) is 0 Å². The zero-order valence-electron chi connectivity index (χ0n) is 15.3. The van der Waals surface area contributed by atoms with Gasteiger partial charge >= 0.3 is 11.9 Å². The third kappa shape index (κ3) is 3.61. The number of carbonyl (C=O) groups excluding carboxylic acids is 2. The first-order valence-corrected chi connectivity index (χ1v) is 8.53. The smallest absolute Gasteiger partial charge is 0.303 e. The van der Waals surface area contributed by atoms with Gasteiger partial charge in [-0.3, -0.25) is 9.59 Å². The molecule has 4 atom stereocenters. The molecule has 4 heteroatoms. The highest BCUT2D eigenvalue weighted by Crippen LogP contribution is 2.58. The van der Waals surface area contributed by atoms with Gasteiger partial charge in [-0.2, -0.15) is 0 Å². The summed E-state index contributed by atoms with van der Waals surface area (Å²) in [5, 5.41) is 0. The van der Waals surface area contributed by atoms with E-state index in [1.54, 1.807) is 0 Å². The molecule has 0 spiro atoms. The number of hydrogen-bond acceptors (Lipinski definition) is 4. The summed E-state index contributed by atoms with van der Waals surface area (Å²) in [5.74, 6) is -0.297. The van der Waals surface area contributed by atoms with Crippen LogP contribution < -0.4 is 0 Å². The summed E-state index contributed by atoms with van der Waals surface area (Å²) in [6.07, 6.45) is 7.59. The van der Waals surface area contributed by atoms with Crippen LogP contribution in [0.1, 0.15) is 67.2 Å². The Hall–Kier alpha value is -1.32. The van der Waals surface area contributed by atoms with Gasteiger partial charge in [0.05, 0.1) is 0 Å². The first kappa shape index (κ1) is 18.0. The number of fused-ring (bicyclic) bond motifs is 1. The molecular formula is C19H30O4. The summed E-state index contributed by atoms with van der Waals surface area (Å²) >= 11 is 0. The molecule has 0 saturated heterocycles. The van der Waals surface area contributed by atoms with Crippen LogP contribution in [0.25, 0.3) is 0 Å². The van der Waals surface area contributed by atoms with Crippen LogP contribution in [0.4, 0.5) is 0 Å². The Morgan fingerprint density at radius 2 is 1.74 bits per heavy atom. The van der Waals surface area contributed by atoms with Gasteiger partial charge in [-0.1, -0.05) is 32.9 Å². The van der Waals surface area contributed by atoms with Gasteiger partial charge in [0.15, 0.2) is 0 Å². The molecule has 2 rings (SSSR count). The zero-order valence-corrected chi connectivity index (χ0v) is 15.3. The largest absolute Gasteiger partial charge is 0.462 e. The van der Waals surface area contributed by atoms with Crippen LogP contribution >= 0.6 is 0 Å². The minimum Gasteiger partial charge on any atom is -0.462 e. The lowest BCUT2D eigenvalue weighted by Gasteiger charge is -2.57. The maximum atomic E-state index is 11.6. The van der Waals surface area contributed by atoms with Crippen LogP contribution in [-0.2, 0) is 19.1 Å². The highest BCUT2D eigenvalue weighted by molar-refractivity contribution is 5.67. The van der Waals surface area contributed by atoms with Crippen LogP contribution in [-0.4, -0.2) is 23.6 Å². The topological polar surface area (TPSA) is 52.6 Å². The highest BCUT2D eigenvalue weighted by Gasteiger charge is 2.59. The Bertz CT molecular complexity index is 521. The van der Waals surface area contributed by atoms with Crippen molar-refractivity contribution in [3.8, 4) is 0 Å². The average Bonchev–Trinajstić information content (AvgIpc) is 2.33. The Kier molecular flexibility index (Phi) is 4.67. The lowest BCUT2D eigenvalue weighted by molar-refractivity contribution is -0.205. The van der Waals surface area contributed by atoms with E-state index in [1.165, 1.54) is 13.8 Å². The van der Waals surface area contributed by atoms with Crippen molar-refractivity contribution < 1.29 is 19.1 Å². The van der Waals surface area contributed by atoms with Crippen molar-refractivity contribution in [1.82, 2.24) is 0 Å². The van der Waals surface area contributed by atoms with Gasteiger partial charge in [0.2, 0.25) is 0 Å². The third-order valence-corrected chi connectivity index (χ3v) is 5.73. The van der Waals surface area contributed by atoms with Crippen LogP contribution in [0, 0.1) is 16.7 Å². The third-order valence-electron chi connectivity index (χ3n) is 5.73. The first-order valence-electron chi connectivity index (χ1n) is 8.53. The van der Waals surface area contributed by atoms with Gasteiger partial charge in [0.1, 0.15) is 11.7 Å². The molecule has 0 bridgehead atoms. The van der Waals surface area contributed by atoms with Gasteiger partial charge in [-0.15, -0.1) is 0 Å².